The van der Waals surface area contributed by atoms with Crippen LogP contribution in [0.2, 0.25) is 0 Å². The maximum atomic E-state index is 12.1. The van der Waals surface area contributed by atoms with Crippen LogP contribution < -0.4 is 5.32 Å². The van der Waals surface area contributed by atoms with Crippen molar-refractivity contribution in [3.63, 3.8) is 0 Å². The molecule has 0 atom stereocenters. The van der Waals surface area contributed by atoms with E-state index < -0.39 is 21.5 Å². The van der Waals surface area contributed by atoms with E-state index in [-0.39, 0.29) is 5.75 Å². The molecule has 0 bridgehead atoms. The van der Waals surface area contributed by atoms with Crippen LogP contribution in [-0.2, 0) is 21.1 Å². The highest BCUT2D eigenvalue weighted by molar-refractivity contribution is 7.92. The summed E-state index contributed by atoms with van der Waals surface area (Å²) in [4.78, 5) is 13.0. The highest BCUT2D eigenvalue weighted by atomic mass is 32.2. The van der Waals surface area contributed by atoms with Gasteiger partial charge in [-0.3, -0.25) is 4.79 Å². The van der Waals surface area contributed by atoms with Crippen LogP contribution in [0.3, 0.4) is 0 Å². The lowest BCUT2D eigenvalue weighted by atomic mass is 10.1. The average molecular weight is 377 g/mol. The van der Waals surface area contributed by atoms with E-state index in [0.717, 1.165) is 16.0 Å². The molecule has 0 radical (unpaired) electrons. The Morgan fingerprint density at radius 3 is 2.56 bits per heavy atom. The minimum Gasteiger partial charge on any atom is -0.316 e. The molecule has 0 saturated carbocycles. The first-order chi connectivity index (χ1) is 11.8. The van der Waals surface area contributed by atoms with Gasteiger partial charge in [-0.25, -0.2) is 8.42 Å². The second kappa shape index (κ2) is 8.28. The predicted octanol–water partition coefficient (Wildman–Crippen LogP) is 3.22. The molecule has 1 N–H and O–H groups in total. The van der Waals surface area contributed by atoms with Crippen molar-refractivity contribution in [2.75, 3.05) is 16.8 Å². The first-order valence-electron chi connectivity index (χ1n) is 7.86. The number of nitrogens with zero attached hydrogens (tertiary/aromatic N) is 1. The molecule has 132 valence electrons. The Labute approximate surface area is 152 Å². The van der Waals surface area contributed by atoms with E-state index in [1.54, 1.807) is 6.92 Å². The third-order valence-electron chi connectivity index (χ3n) is 3.86. The summed E-state index contributed by atoms with van der Waals surface area (Å²) < 4.78 is 24.3. The van der Waals surface area contributed by atoms with Crippen LogP contribution >= 0.6 is 11.3 Å². The Kier molecular flexibility index (Phi) is 6.34. The minimum absolute atomic E-state index is 0.0388. The number of amides is 1. The lowest BCUT2D eigenvalue weighted by Gasteiger charge is -2.06. The first-order valence-corrected chi connectivity index (χ1v) is 10.5. The maximum absolute atomic E-state index is 12.1. The van der Waals surface area contributed by atoms with Crippen LogP contribution in [0.25, 0.3) is 0 Å². The average Bonchev–Trinajstić information content (AvgIpc) is 2.81. The number of carbonyl (C=O) groups is 1. The first kappa shape index (κ1) is 19.2. The lowest BCUT2D eigenvalue weighted by Crippen LogP contribution is -2.24. The second-order valence-corrected chi connectivity index (χ2v) is 9.24. The molecule has 0 fully saturated rings. The number of thiophene rings is 1. The summed E-state index contributed by atoms with van der Waals surface area (Å²) in [5.74, 6) is -1.21. The van der Waals surface area contributed by atoms with Crippen LogP contribution in [0.5, 0.6) is 0 Å². The van der Waals surface area contributed by atoms with Gasteiger partial charge in [0.2, 0.25) is 5.91 Å². The molecule has 1 aromatic carbocycles. The van der Waals surface area contributed by atoms with Gasteiger partial charge < -0.3 is 5.32 Å². The third kappa shape index (κ3) is 5.41. The Hall–Kier alpha value is -2.17. The van der Waals surface area contributed by atoms with Crippen molar-refractivity contribution in [3.8, 4) is 6.07 Å². The fourth-order valence-corrected chi connectivity index (χ4v) is 4.65. The summed E-state index contributed by atoms with van der Waals surface area (Å²) in [6.45, 7) is 3.66. The Morgan fingerprint density at radius 1 is 1.24 bits per heavy atom. The molecular weight excluding hydrogens is 356 g/mol. The quantitative estimate of drug-likeness (QED) is 0.804. The Balaban J connectivity index is 1.91. The van der Waals surface area contributed by atoms with Gasteiger partial charge in [-0.1, -0.05) is 30.3 Å². The zero-order chi connectivity index (χ0) is 18.4. The monoisotopic (exact) mass is 376 g/mol. The van der Waals surface area contributed by atoms with Crippen molar-refractivity contribution < 1.29 is 13.2 Å². The van der Waals surface area contributed by atoms with Crippen LogP contribution in [0.4, 0.5) is 5.00 Å². The largest absolute Gasteiger partial charge is 0.316 e. The van der Waals surface area contributed by atoms with Crippen molar-refractivity contribution in [1.82, 2.24) is 0 Å². The molecule has 2 rings (SSSR count). The third-order valence-corrected chi connectivity index (χ3v) is 6.60. The Bertz CT molecular complexity index is 894. The molecule has 0 spiro atoms. The second-order valence-electron chi connectivity index (χ2n) is 5.83. The molecule has 0 aliphatic heterocycles. The SMILES string of the molecule is Cc1sc(NC(=O)CS(=O)(=O)CCCc2ccccc2)c(C#N)c1C. The molecule has 1 aromatic heterocycles. The molecular formula is C18H20N2O3S2. The van der Waals surface area contributed by atoms with Gasteiger partial charge in [0.05, 0.1) is 11.3 Å². The fourth-order valence-electron chi connectivity index (χ4n) is 2.43. The normalized spacial score (nSPS) is 11.1. The number of rotatable bonds is 7. The van der Waals surface area contributed by atoms with Crippen LogP contribution in [0.15, 0.2) is 30.3 Å². The zero-order valence-corrected chi connectivity index (χ0v) is 15.8. The topological polar surface area (TPSA) is 87.0 Å². The van der Waals surface area contributed by atoms with E-state index in [1.165, 1.54) is 11.3 Å². The van der Waals surface area contributed by atoms with Gasteiger partial charge in [0.1, 0.15) is 16.8 Å². The number of aryl methyl sites for hydroxylation is 2. The van der Waals surface area contributed by atoms with Gasteiger partial charge in [-0.05, 0) is 37.8 Å². The van der Waals surface area contributed by atoms with Crippen LogP contribution in [-0.4, -0.2) is 25.8 Å². The van der Waals surface area contributed by atoms with Crippen molar-refractivity contribution >= 4 is 32.1 Å². The van der Waals surface area contributed by atoms with Crippen molar-refractivity contribution in [2.24, 2.45) is 0 Å². The number of benzene rings is 1. The summed E-state index contributed by atoms with van der Waals surface area (Å²) in [7, 11) is -3.48. The number of carbonyl (C=O) groups excluding carboxylic acids is 1. The molecule has 1 heterocycles. The van der Waals surface area contributed by atoms with Gasteiger partial charge >= 0.3 is 0 Å². The molecule has 7 heteroatoms. The van der Waals surface area contributed by atoms with Crippen molar-refractivity contribution in [1.29, 1.82) is 5.26 Å². The fraction of sp³-hybridized carbons (Fsp3) is 0.333. The molecule has 1 amide bonds. The number of hydrogen-bond acceptors (Lipinski definition) is 5. The number of nitriles is 1. The molecule has 0 unspecified atom stereocenters. The summed E-state index contributed by atoms with van der Waals surface area (Å²) >= 11 is 1.29. The number of hydrogen-bond donors (Lipinski definition) is 1. The maximum Gasteiger partial charge on any atom is 0.240 e. The van der Waals surface area contributed by atoms with E-state index in [2.05, 4.69) is 11.4 Å². The molecule has 25 heavy (non-hydrogen) atoms. The van der Waals surface area contributed by atoms with E-state index in [0.29, 0.717) is 23.4 Å². The van der Waals surface area contributed by atoms with Gasteiger partial charge in [-0.15, -0.1) is 11.3 Å². The minimum atomic E-state index is -3.48. The van der Waals surface area contributed by atoms with Crippen LogP contribution in [0, 0.1) is 25.2 Å². The van der Waals surface area contributed by atoms with E-state index >= 15 is 0 Å². The van der Waals surface area contributed by atoms with Gasteiger partial charge in [-0.2, -0.15) is 5.26 Å². The van der Waals surface area contributed by atoms with Gasteiger partial charge in [0.25, 0.3) is 0 Å². The van der Waals surface area contributed by atoms with Gasteiger partial charge in [0.15, 0.2) is 9.84 Å². The summed E-state index contributed by atoms with van der Waals surface area (Å²) in [5, 5.41) is 12.2. The summed E-state index contributed by atoms with van der Waals surface area (Å²) in [6.07, 6.45) is 1.13. The summed E-state index contributed by atoms with van der Waals surface area (Å²) in [6, 6.07) is 11.7. The van der Waals surface area contributed by atoms with E-state index in [9.17, 15) is 13.2 Å². The molecule has 2 aromatic rings. The van der Waals surface area contributed by atoms with Crippen molar-refractivity contribution in [2.45, 2.75) is 26.7 Å². The van der Waals surface area contributed by atoms with E-state index in [4.69, 9.17) is 5.26 Å². The smallest absolute Gasteiger partial charge is 0.240 e. The standard InChI is InChI=1S/C18H20N2O3S2/c1-13-14(2)24-18(16(13)11-19)20-17(21)12-25(22,23)10-6-9-15-7-4-3-5-8-15/h3-5,7-8H,6,9-10,12H2,1-2H3,(H,20,21). The van der Waals surface area contributed by atoms with Crippen molar-refractivity contribution in [3.05, 3.63) is 51.9 Å². The Morgan fingerprint density at radius 2 is 1.92 bits per heavy atom. The van der Waals surface area contributed by atoms with E-state index in [1.807, 2.05) is 37.3 Å². The summed E-state index contributed by atoms with van der Waals surface area (Å²) in [5.41, 5.74) is 2.29. The zero-order valence-electron chi connectivity index (χ0n) is 14.2. The number of nitrogens with one attached hydrogen (secondary N) is 1. The van der Waals surface area contributed by atoms with Gasteiger partial charge in [0, 0.05) is 4.88 Å². The number of anilines is 1. The predicted molar refractivity (Wildman–Crippen MR) is 101 cm³/mol. The molecule has 0 aliphatic carbocycles. The number of sulfone groups is 1. The highest BCUT2D eigenvalue weighted by Gasteiger charge is 2.19. The van der Waals surface area contributed by atoms with Crippen LogP contribution in [0.1, 0.15) is 28.0 Å². The lowest BCUT2D eigenvalue weighted by molar-refractivity contribution is -0.113. The molecule has 0 saturated heterocycles. The molecule has 5 nitrogen and oxygen atoms in total. The highest BCUT2D eigenvalue weighted by Crippen LogP contribution is 2.31. The molecule has 0 aliphatic rings.